The Bertz CT molecular complexity index is 1300. The van der Waals surface area contributed by atoms with Crippen molar-refractivity contribution in [2.45, 2.75) is 13.8 Å². The zero-order chi connectivity index (χ0) is 21.1. The lowest BCUT2D eigenvalue weighted by Gasteiger charge is -1.93. The van der Waals surface area contributed by atoms with Crippen molar-refractivity contribution in [2.24, 2.45) is 20.5 Å². The second kappa shape index (κ2) is 8.21. The molecule has 0 aliphatic rings. The highest BCUT2D eigenvalue weighted by molar-refractivity contribution is 7.18. The van der Waals surface area contributed by atoms with Crippen molar-refractivity contribution in [3.05, 3.63) is 76.2 Å². The molecule has 30 heavy (non-hydrogen) atoms. The van der Waals surface area contributed by atoms with Crippen molar-refractivity contribution in [2.75, 3.05) is 0 Å². The van der Waals surface area contributed by atoms with Gasteiger partial charge in [0.2, 0.25) is 10.1 Å². The molecule has 10 heteroatoms. The van der Waals surface area contributed by atoms with Crippen LogP contribution in [0.5, 0.6) is 5.88 Å². The summed E-state index contributed by atoms with van der Waals surface area (Å²) in [6, 6.07) is 16.6. The minimum absolute atomic E-state index is 0.163. The lowest BCUT2D eigenvalue weighted by atomic mass is 10.2. The van der Waals surface area contributed by atoms with Crippen molar-refractivity contribution in [1.82, 2.24) is 14.8 Å². The highest BCUT2D eigenvalue weighted by Crippen LogP contribution is 2.36. The molecule has 0 atom stereocenters. The molecular weight excluding hydrogens is 402 g/mol. The van der Waals surface area contributed by atoms with Crippen LogP contribution in [0.15, 0.2) is 79.8 Å². The summed E-state index contributed by atoms with van der Waals surface area (Å²) in [5.74, 6) is -0.307. The molecule has 9 nitrogen and oxygen atoms in total. The van der Waals surface area contributed by atoms with E-state index in [2.05, 4.69) is 30.5 Å². The molecule has 0 saturated heterocycles. The number of aromatic amines is 1. The topological polar surface area (TPSA) is 120 Å². The first-order valence-electron chi connectivity index (χ1n) is 8.98. The van der Waals surface area contributed by atoms with Crippen molar-refractivity contribution in [1.29, 1.82) is 0 Å². The first-order valence-corrected chi connectivity index (χ1v) is 9.80. The summed E-state index contributed by atoms with van der Waals surface area (Å²) in [6.07, 6.45) is 0. The predicted molar refractivity (Wildman–Crippen MR) is 114 cm³/mol. The molecule has 0 fully saturated rings. The molecule has 150 valence electrons. The third-order valence-corrected chi connectivity index (χ3v) is 5.01. The standard InChI is InChI=1S/C20H17N7O2S/c1-12-7-6-10-15(11-12)23-25-18-17(28)21-20(30-18)27-19(29)16(13(2)26-27)24-22-14-8-4-3-5-9-14/h3-11,26,28H,1-2H3. The van der Waals surface area contributed by atoms with Gasteiger partial charge in [0.05, 0.1) is 17.1 Å². The van der Waals surface area contributed by atoms with E-state index in [1.54, 1.807) is 25.1 Å². The third-order valence-electron chi connectivity index (χ3n) is 4.09. The minimum atomic E-state index is -0.428. The summed E-state index contributed by atoms with van der Waals surface area (Å²) in [4.78, 5) is 16.8. The first-order chi connectivity index (χ1) is 14.5. The van der Waals surface area contributed by atoms with Gasteiger partial charge in [-0.05, 0) is 43.7 Å². The lowest BCUT2D eigenvalue weighted by Crippen LogP contribution is -2.13. The maximum atomic E-state index is 12.8. The van der Waals surface area contributed by atoms with Crippen LogP contribution in [0.3, 0.4) is 0 Å². The summed E-state index contributed by atoms with van der Waals surface area (Å²) in [5.41, 5.74) is 2.60. The Morgan fingerprint density at radius 1 is 0.967 bits per heavy atom. The van der Waals surface area contributed by atoms with E-state index >= 15 is 0 Å². The smallest absolute Gasteiger partial charge is 0.301 e. The maximum Gasteiger partial charge on any atom is 0.301 e. The quantitative estimate of drug-likeness (QED) is 0.399. The number of benzene rings is 2. The molecule has 0 aliphatic heterocycles. The van der Waals surface area contributed by atoms with E-state index in [9.17, 15) is 9.90 Å². The van der Waals surface area contributed by atoms with Crippen molar-refractivity contribution >= 4 is 33.4 Å². The van der Waals surface area contributed by atoms with E-state index in [1.807, 2.05) is 43.3 Å². The number of H-pyrrole nitrogens is 1. The molecule has 0 bridgehead atoms. The number of nitrogens with zero attached hydrogens (tertiary/aromatic N) is 6. The Labute approximate surface area is 175 Å². The molecule has 0 radical (unpaired) electrons. The molecule has 0 aliphatic carbocycles. The van der Waals surface area contributed by atoms with E-state index in [0.717, 1.165) is 16.9 Å². The van der Waals surface area contributed by atoms with Crippen LogP contribution in [-0.4, -0.2) is 19.9 Å². The molecular formula is C20H17N7O2S. The highest BCUT2D eigenvalue weighted by atomic mass is 32.1. The Kier molecular flexibility index (Phi) is 5.31. The molecule has 2 aromatic carbocycles. The minimum Gasteiger partial charge on any atom is -0.491 e. The van der Waals surface area contributed by atoms with Gasteiger partial charge in [0.25, 0.3) is 5.88 Å². The summed E-state index contributed by atoms with van der Waals surface area (Å²) in [7, 11) is 0. The van der Waals surface area contributed by atoms with Crippen LogP contribution in [0.25, 0.3) is 5.13 Å². The third kappa shape index (κ3) is 4.08. The lowest BCUT2D eigenvalue weighted by molar-refractivity contribution is 0.457. The van der Waals surface area contributed by atoms with Crippen LogP contribution in [0.2, 0.25) is 0 Å². The average molecular weight is 419 g/mol. The average Bonchev–Trinajstić information content (AvgIpc) is 3.24. The van der Waals surface area contributed by atoms with Gasteiger partial charge in [-0.25, -0.2) is 0 Å². The number of rotatable bonds is 5. The highest BCUT2D eigenvalue weighted by Gasteiger charge is 2.18. The van der Waals surface area contributed by atoms with Gasteiger partial charge in [-0.15, -0.1) is 15.3 Å². The van der Waals surface area contributed by atoms with Gasteiger partial charge in [0, 0.05) is 0 Å². The summed E-state index contributed by atoms with van der Waals surface area (Å²) in [6.45, 7) is 3.66. The van der Waals surface area contributed by atoms with Gasteiger partial charge in [0.1, 0.15) is 0 Å². The summed E-state index contributed by atoms with van der Waals surface area (Å²) in [5, 5.41) is 29.8. The van der Waals surface area contributed by atoms with Gasteiger partial charge in [0.15, 0.2) is 5.69 Å². The zero-order valence-electron chi connectivity index (χ0n) is 16.1. The molecule has 2 heterocycles. The fraction of sp³-hybridized carbons (Fsp3) is 0.100. The molecule has 0 unspecified atom stereocenters. The monoisotopic (exact) mass is 419 g/mol. The second-order valence-electron chi connectivity index (χ2n) is 6.43. The summed E-state index contributed by atoms with van der Waals surface area (Å²) < 4.78 is 1.20. The molecule has 4 aromatic rings. The Morgan fingerprint density at radius 3 is 2.47 bits per heavy atom. The predicted octanol–water partition coefficient (Wildman–Crippen LogP) is 5.78. The largest absolute Gasteiger partial charge is 0.491 e. The van der Waals surface area contributed by atoms with Crippen LogP contribution in [0.1, 0.15) is 11.3 Å². The zero-order valence-corrected chi connectivity index (χ0v) is 17.0. The van der Waals surface area contributed by atoms with Crippen LogP contribution < -0.4 is 5.56 Å². The molecule has 4 rings (SSSR count). The molecule has 2 aromatic heterocycles. The van der Waals surface area contributed by atoms with Crippen LogP contribution in [-0.2, 0) is 0 Å². The van der Waals surface area contributed by atoms with E-state index in [4.69, 9.17) is 0 Å². The molecule has 0 spiro atoms. The van der Waals surface area contributed by atoms with E-state index in [-0.39, 0.29) is 21.7 Å². The van der Waals surface area contributed by atoms with Gasteiger partial charge >= 0.3 is 5.56 Å². The number of aromatic nitrogens is 3. The van der Waals surface area contributed by atoms with Gasteiger partial charge < -0.3 is 5.11 Å². The van der Waals surface area contributed by atoms with Crippen molar-refractivity contribution < 1.29 is 5.11 Å². The van der Waals surface area contributed by atoms with Gasteiger partial charge in [-0.2, -0.15) is 14.8 Å². The van der Waals surface area contributed by atoms with E-state index in [1.165, 1.54) is 4.68 Å². The normalized spacial score (nSPS) is 11.7. The van der Waals surface area contributed by atoms with Gasteiger partial charge in [-0.3, -0.25) is 9.89 Å². The molecule has 0 amide bonds. The Hall–Kier alpha value is -3.92. The molecule has 0 saturated carbocycles. The van der Waals surface area contributed by atoms with Crippen LogP contribution >= 0.6 is 11.3 Å². The van der Waals surface area contributed by atoms with Gasteiger partial charge in [-0.1, -0.05) is 41.7 Å². The van der Waals surface area contributed by atoms with Crippen LogP contribution in [0, 0.1) is 13.8 Å². The van der Waals surface area contributed by atoms with E-state index < -0.39 is 5.56 Å². The van der Waals surface area contributed by atoms with Crippen molar-refractivity contribution in [3.63, 3.8) is 0 Å². The number of aryl methyl sites for hydroxylation is 2. The fourth-order valence-electron chi connectivity index (χ4n) is 2.64. The summed E-state index contributed by atoms with van der Waals surface area (Å²) >= 11 is 1.02. The number of aromatic hydroxyl groups is 1. The van der Waals surface area contributed by atoms with Crippen LogP contribution in [0.4, 0.5) is 22.1 Å². The fourth-order valence-corrected chi connectivity index (χ4v) is 3.38. The SMILES string of the molecule is Cc1cccc(N=Nc2sc(-n3[nH]c(C)c(N=Nc4ccccc4)c3=O)nc2O)c1. The first kappa shape index (κ1) is 19.4. The number of azo groups is 2. The second-order valence-corrected chi connectivity index (χ2v) is 7.38. The molecule has 2 N–H and O–H groups in total. The van der Waals surface area contributed by atoms with E-state index in [0.29, 0.717) is 17.1 Å². The number of hydrogen-bond donors (Lipinski definition) is 2. The number of hydrogen-bond acceptors (Lipinski definition) is 8. The number of nitrogens with one attached hydrogen (secondary N) is 1. The number of thiazole rings is 1. The Morgan fingerprint density at radius 2 is 1.70 bits per heavy atom. The van der Waals surface area contributed by atoms with Crippen molar-refractivity contribution in [3.8, 4) is 11.0 Å². The maximum absolute atomic E-state index is 12.8. The Balaban J connectivity index is 1.63.